The molecule has 1 aromatic carbocycles. The van der Waals surface area contributed by atoms with Gasteiger partial charge in [0, 0.05) is 37.3 Å². The number of benzene rings is 1. The molecule has 0 saturated carbocycles. The zero-order valence-corrected chi connectivity index (χ0v) is 17.5. The first kappa shape index (κ1) is 23.0. The average molecular weight is 469 g/mol. The number of nitrogens with zero attached hydrogens (tertiary/aromatic N) is 4. The highest BCUT2D eigenvalue weighted by Crippen LogP contribution is 2.29. The van der Waals surface area contributed by atoms with Crippen molar-refractivity contribution in [2.24, 2.45) is 0 Å². The van der Waals surface area contributed by atoms with Crippen LogP contribution in [-0.4, -0.2) is 90.5 Å². The fraction of sp³-hybridized carbons (Fsp3) is 0.500. The average Bonchev–Trinajstić information content (AvgIpc) is 3.34. The largest absolute Gasteiger partial charge is 0.471 e. The summed E-state index contributed by atoms with van der Waals surface area (Å²) in [5.41, 5.74) is 0.565. The summed E-state index contributed by atoms with van der Waals surface area (Å²) in [6, 6.07) is 5.32. The molecule has 2 saturated heterocycles. The molecule has 1 N–H and O–H groups in total. The van der Waals surface area contributed by atoms with E-state index in [9.17, 15) is 22.8 Å². The highest BCUT2D eigenvalue weighted by atomic mass is 19.4. The molecular weight excluding hydrogens is 447 g/mol. The van der Waals surface area contributed by atoms with E-state index >= 15 is 0 Å². The fourth-order valence-corrected chi connectivity index (χ4v) is 3.55. The van der Waals surface area contributed by atoms with E-state index in [4.69, 9.17) is 9.47 Å². The molecule has 13 heteroatoms. The Bertz CT molecular complexity index is 975. The third kappa shape index (κ3) is 5.42. The van der Waals surface area contributed by atoms with Crippen LogP contribution in [0.1, 0.15) is 16.2 Å². The summed E-state index contributed by atoms with van der Waals surface area (Å²) in [5, 5.41) is 6.10. The first-order valence-corrected chi connectivity index (χ1v) is 10.3. The first-order valence-electron chi connectivity index (χ1n) is 10.3. The molecule has 2 aliphatic rings. The van der Waals surface area contributed by atoms with Gasteiger partial charge in [-0.3, -0.25) is 4.79 Å². The summed E-state index contributed by atoms with van der Waals surface area (Å²) in [4.78, 5) is 32.2. The van der Waals surface area contributed by atoms with Crippen molar-refractivity contribution >= 4 is 11.9 Å². The number of aromatic nitrogens is 2. The van der Waals surface area contributed by atoms with Crippen LogP contribution in [-0.2, 0) is 15.7 Å². The maximum atomic E-state index is 12.9. The van der Waals surface area contributed by atoms with Gasteiger partial charge in [-0.1, -0.05) is 17.3 Å². The van der Waals surface area contributed by atoms with Gasteiger partial charge in [-0.05, 0) is 12.1 Å². The lowest BCUT2D eigenvalue weighted by Gasteiger charge is -2.39. The number of carbonyl (C=O) groups is 2. The number of amides is 3. The zero-order valence-electron chi connectivity index (χ0n) is 17.5. The van der Waals surface area contributed by atoms with Crippen LogP contribution in [0.4, 0.5) is 18.0 Å². The Morgan fingerprint density at radius 2 is 1.76 bits per heavy atom. The van der Waals surface area contributed by atoms with Gasteiger partial charge in [-0.2, -0.15) is 18.2 Å². The van der Waals surface area contributed by atoms with Gasteiger partial charge in [0.15, 0.2) is 0 Å². The highest BCUT2D eigenvalue weighted by Gasteiger charge is 2.38. The predicted octanol–water partition coefficient (Wildman–Crippen LogP) is 1.64. The van der Waals surface area contributed by atoms with Crippen LogP contribution in [0.3, 0.4) is 0 Å². The van der Waals surface area contributed by atoms with Gasteiger partial charge in [0.2, 0.25) is 5.82 Å². The van der Waals surface area contributed by atoms with Crippen molar-refractivity contribution in [1.29, 1.82) is 0 Å². The summed E-state index contributed by atoms with van der Waals surface area (Å²) in [6.45, 7) is 3.37. The second-order valence-corrected chi connectivity index (χ2v) is 7.51. The number of alkyl halides is 3. The zero-order chi connectivity index (χ0) is 23.4. The number of nitrogens with one attached hydrogen (secondary N) is 1. The number of rotatable bonds is 4. The molecule has 3 amide bonds. The van der Waals surface area contributed by atoms with Gasteiger partial charge in [-0.25, -0.2) is 4.79 Å². The molecule has 178 valence electrons. The lowest BCUT2D eigenvalue weighted by molar-refractivity contribution is -0.159. The molecule has 4 rings (SSSR count). The van der Waals surface area contributed by atoms with Gasteiger partial charge < -0.3 is 29.1 Å². The molecule has 0 aliphatic carbocycles. The molecule has 0 unspecified atom stereocenters. The number of ether oxygens (including phenoxy) is 2. The quantitative estimate of drug-likeness (QED) is 0.725. The fourth-order valence-electron chi connectivity index (χ4n) is 3.55. The summed E-state index contributed by atoms with van der Waals surface area (Å²) in [6.07, 6.45) is -4.73. The maximum absolute atomic E-state index is 12.9. The number of urea groups is 1. The number of hydrogen-bond donors (Lipinski definition) is 1. The van der Waals surface area contributed by atoms with Crippen LogP contribution < -0.4 is 5.32 Å². The SMILES string of the molecule is O=C(NC[C@@H]1COCCN1C(=O)N1CCOCC1)c1ccc(-c2noc(C(F)(F)F)n2)cc1. The van der Waals surface area contributed by atoms with Gasteiger partial charge in [0.25, 0.3) is 5.91 Å². The Morgan fingerprint density at radius 1 is 1.06 bits per heavy atom. The summed E-state index contributed by atoms with van der Waals surface area (Å²) < 4.78 is 52.8. The van der Waals surface area contributed by atoms with Crippen molar-refractivity contribution in [2.75, 3.05) is 52.6 Å². The molecule has 0 bridgehead atoms. The smallest absolute Gasteiger partial charge is 0.378 e. The topological polar surface area (TPSA) is 110 Å². The molecule has 3 heterocycles. The molecule has 0 radical (unpaired) electrons. The molecule has 2 fully saturated rings. The molecule has 0 spiro atoms. The van der Waals surface area contributed by atoms with E-state index in [-0.39, 0.29) is 30.0 Å². The van der Waals surface area contributed by atoms with Crippen LogP contribution in [0.15, 0.2) is 28.8 Å². The second-order valence-electron chi connectivity index (χ2n) is 7.51. The minimum atomic E-state index is -4.73. The van der Waals surface area contributed by atoms with E-state index < -0.39 is 18.0 Å². The first-order chi connectivity index (χ1) is 15.8. The van der Waals surface area contributed by atoms with E-state index in [1.807, 2.05) is 0 Å². The molecule has 2 aromatic rings. The molecule has 1 atom stereocenters. The monoisotopic (exact) mass is 469 g/mol. The van der Waals surface area contributed by atoms with Crippen molar-refractivity contribution in [2.45, 2.75) is 12.2 Å². The van der Waals surface area contributed by atoms with Gasteiger partial charge in [0.05, 0.1) is 32.5 Å². The Balaban J connectivity index is 1.35. The minimum absolute atomic E-state index is 0.108. The van der Waals surface area contributed by atoms with E-state index in [1.54, 1.807) is 9.80 Å². The lowest BCUT2D eigenvalue weighted by atomic mass is 10.1. The van der Waals surface area contributed by atoms with Crippen molar-refractivity contribution in [3.8, 4) is 11.4 Å². The molecular formula is C20H22F3N5O5. The molecule has 1 aromatic heterocycles. The van der Waals surface area contributed by atoms with Crippen LogP contribution >= 0.6 is 0 Å². The molecule has 33 heavy (non-hydrogen) atoms. The van der Waals surface area contributed by atoms with E-state index in [0.29, 0.717) is 51.6 Å². The van der Waals surface area contributed by atoms with Crippen LogP contribution in [0.2, 0.25) is 0 Å². The van der Waals surface area contributed by atoms with Gasteiger partial charge in [-0.15, -0.1) is 0 Å². The lowest BCUT2D eigenvalue weighted by Crippen LogP contribution is -2.58. The Kier molecular flexibility index (Phi) is 6.79. The predicted molar refractivity (Wildman–Crippen MR) is 106 cm³/mol. The molecule has 10 nitrogen and oxygen atoms in total. The Morgan fingerprint density at radius 3 is 2.42 bits per heavy atom. The van der Waals surface area contributed by atoms with E-state index in [1.165, 1.54) is 24.3 Å². The maximum Gasteiger partial charge on any atom is 0.471 e. The standard InChI is InChI=1S/C20H22F3N5O5/c21-20(22,23)18-25-16(26-33-18)13-1-3-14(4-2-13)17(29)24-11-15-12-32-10-7-28(15)19(30)27-5-8-31-9-6-27/h1-4,15H,5-12H2,(H,24,29)/t15-/m1/s1. The highest BCUT2D eigenvalue weighted by molar-refractivity contribution is 5.94. The van der Waals surface area contributed by atoms with Crippen LogP contribution in [0, 0.1) is 0 Å². The number of halogens is 3. The van der Waals surface area contributed by atoms with Gasteiger partial charge >= 0.3 is 18.1 Å². The summed E-state index contributed by atoms with van der Waals surface area (Å²) in [5.74, 6) is -2.06. The number of hydrogen-bond acceptors (Lipinski definition) is 7. The van der Waals surface area contributed by atoms with E-state index in [0.717, 1.165) is 0 Å². The summed E-state index contributed by atoms with van der Waals surface area (Å²) in [7, 11) is 0. The third-order valence-corrected chi connectivity index (χ3v) is 5.33. The number of carbonyl (C=O) groups excluding carboxylic acids is 2. The summed E-state index contributed by atoms with van der Waals surface area (Å²) >= 11 is 0. The minimum Gasteiger partial charge on any atom is -0.378 e. The third-order valence-electron chi connectivity index (χ3n) is 5.33. The normalized spacial score (nSPS) is 19.4. The van der Waals surface area contributed by atoms with Crippen LogP contribution in [0.25, 0.3) is 11.4 Å². The Hall–Kier alpha value is -3.19. The number of morpholine rings is 2. The van der Waals surface area contributed by atoms with Crippen molar-refractivity contribution in [1.82, 2.24) is 25.3 Å². The van der Waals surface area contributed by atoms with E-state index in [2.05, 4.69) is 20.0 Å². The second kappa shape index (κ2) is 9.75. The van der Waals surface area contributed by atoms with Crippen molar-refractivity contribution < 1.29 is 36.8 Å². The van der Waals surface area contributed by atoms with Gasteiger partial charge in [0.1, 0.15) is 0 Å². The van der Waals surface area contributed by atoms with Crippen LogP contribution in [0.5, 0.6) is 0 Å². The van der Waals surface area contributed by atoms with Crippen molar-refractivity contribution in [3.05, 3.63) is 35.7 Å². The molecule has 2 aliphatic heterocycles. The Labute approximate surface area is 186 Å². The van der Waals surface area contributed by atoms with Crippen molar-refractivity contribution in [3.63, 3.8) is 0 Å².